The van der Waals surface area contributed by atoms with Gasteiger partial charge in [-0.1, -0.05) is 12.1 Å². The van der Waals surface area contributed by atoms with Gasteiger partial charge >= 0.3 is 0 Å². The molecule has 0 amide bonds. The predicted molar refractivity (Wildman–Crippen MR) is 121 cm³/mol. The van der Waals surface area contributed by atoms with Gasteiger partial charge in [0.25, 0.3) is 0 Å². The van der Waals surface area contributed by atoms with E-state index in [4.69, 9.17) is 4.74 Å². The molecular formula is C25H30N4O2. The van der Waals surface area contributed by atoms with Crippen LogP contribution < -0.4 is 0 Å². The fourth-order valence-electron chi connectivity index (χ4n) is 5.06. The van der Waals surface area contributed by atoms with Crippen molar-refractivity contribution in [2.75, 3.05) is 26.3 Å². The van der Waals surface area contributed by atoms with Crippen molar-refractivity contribution >= 4 is 16.6 Å². The van der Waals surface area contributed by atoms with E-state index in [1.165, 1.54) is 0 Å². The highest BCUT2D eigenvalue weighted by Crippen LogP contribution is 2.30. The van der Waals surface area contributed by atoms with Crippen LogP contribution in [0, 0.1) is 5.92 Å². The van der Waals surface area contributed by atoms with Crippen molar-refractivity contribution in [3.8, 4) is 11.1 Å². The molecule has 3 heterocycles. The van der Waals surface area contributed by atoms with E-state index in [-0.39, 0.29) is 5.92 Å². The number of benzene rings is 1. The van der Waals surface area contributed by atoms with Crippen LogP contribution in [0.3, 0.4) is 0 Å². The number of morpholine rings is 1. The maximum absolute atomic E-state index is 13.0. The van der Waals surface area contributed by atoms with Gasteiger partial charge in [0, 0.05) is 67.6 Å². The number of pyridine rings is 1. The minimum Gasteiger partial charge on any atom is -0.379 e. The van der Waals surface area contributed by atoms with E-state index in [0.717, 1.165) is 79.6 Å². The summed E-state index contributed by atoms with van der Waals surface area (Å²) in [6.07, 6.45) is 10.4. The van der Waals surface area contributed by atoms with Crippen molar-refractivity contribution in [1.82, 2.24) is 19.7 Å². The van der Waals surface area contributed by atoms with Crippen molar-refractivity contribution in [2.45, 2.75) is 38.1 Å². The molecule has 31 heavy (non-hydrogen) atoms. The number of fused-ring (bicyclic) bond motifs is 1. The molecule has 2 fully saturated rings. The van der Waals surface area contributed by atoms with Crippen LogP contribution in [0.5, 0.6) is 0 Å². The van der Waals surface area contributed by atoms with Gasteiger partial charge < -0.3 is 4.74 Å². The number of carbonyl (C=O) groups is 1. The zero-order chi connectivity index (χ0) is 21.2. The summed E-state index contributed by atoms with van der Waals surface area (Å²) in [5.74, 6) is 0.521. The maximum Gasteiger partial charge on any atom is 0.141 e. The Morgan fingerprint density at radius 3 is 2.58 bits per heavy atom. The third kappa shape index (κ3) is 4.55. The van der Waals surface area contributed by atoms with Crippen molar-refractivity contribution in [2.24, 2.45) is 13.0 Å². The molecule has 1 aliphatic heterocycles. The summed E-state index contributed by atoms with van der Waals surface area (Å²) < 4.78 is 7.28. The number of ketones is 1. The Hall–Kier alpha value is -2.57. The second kappa shape index (κ2) is 8.89. The summed E-state index contributed by atoms with van der Waals surface area (Å²) in [6, 6.07) is 9.04. The molecule has 1 saturated carbocycles. The Bertz CT molecular complexity index is 1060. The van der Waals surface area contributed by atoms with Crippen molar-refractivity contribution in [1.29, 1.82) is 0 Å². The fourth-order valence-corrected chi connectivity index (χ4v) is 5.06. The number of aromatic nitrogens is 3. The standard InChI is InChI=1S/C25H30N4O2/c1-28-17-22(16-27-28)19-2-3-20-15-26-23(13-21(20)12-19)14-25(30)18-4-6-24(7-5-18)29-8-10-31-11-9-29/h2-3,12-13,15-18,24H,4-11,14H2,1H3. The molecule has 2 aliphatic rings. The molecule has 0 unspecified atom stereocenters. The minimum atomic E-state index is 0.177. The van der Waals surface area contributed by atoms with Gasteiger partial charge in [0.15, 0.2) is 0 Å². The van der Waals surface area contributed by atoms with Crippen LogP contribution in [0.1, 0.15) is 31.4 Å². The molecule has 0 radical (unpaired) electrons. The van der Waals surface area contributed by atoms with Gasteiger partial charge in [0.05, 0.1) is 19.4 Å². The summed E-state index contributed by atoms with van der Waals surface area (Å²) in [5.41, 5.74) is 3.09. The first-order valence-corrected chi connectivity index (χ1v) is 11.4. The van der Waals surface area contributed by atoms with E-state index in [1.54, 1.807) is 0 Å². The number of hydrogen-bond donors (Lipinski definition) is 0. The highest BCUT2D eigenvalue weighted by atomic mass is 16.5. The largest absolute Gasteiger partial charge is 0.379 e. The van der Waals surface area contributed by atoms with Gasteiger partial charge in [0.1, 0.15) is 5.78 Å². The van der Waals surface area contributed by atoms with Gasteiger partial charge in [-0.15, -0.1) is 0 Å². The van der Waals surface area contributed by atoms with E-state index in [0.29, 0.717) is 18.2 Å². The summed E-state index contributed by atoms with van der Waals surface area (Å²) >= 11 is 0. The normalized spacial score (nSPS) is 22.6. The van der Waals surface area contributed by atoms with Crippen LogP contribution in [0.15, 0.2) is 42.9 Å². The second-order valence-corrected chi connectivity index (χ2v) is 8.94. The van der Waals surface area contributed by atoms with Crippen LogP contribution in [-0.4, -0.2) is 57.8 Å². The first-order valence-electron chi connectivity index (χ1n) is 11.4. The summed E-state index contributed by atoms with van der Waals surface area (Å²) in [6.45, 7) is 3.75. The molecule has 162 valence electrons. The third-order valence-corrected chi connectivity index (χ3v) is 6.89. The number of ether oxygens (including phenoxy) is 1. The Morgan fingerprint density at radius 2 is 1.84 bits per heavy atom. The van der Waals surface area contributed by atoms with Crippen LogP contribution >= 0.6 is 0 Å². The molecule has 3 aromatic rings. The molecule has 0 spiro atoms. The molecule has 5 rings (SSSR count). The molecule has 6 nitrogen and oxygen atoms in total. The average Bonchev–Trinajstić information content (AvgIpc) is 3.25. The van der Waals surface area contributed by atoms with E-state index in [9.17, 15) is 4.79 Å². The number of rotatable bonds is 5. The van der Waals surface area contributed by atoms with Gasteiger partial charge in [-0.2, -0.15) is 5.10 Å². The number of hydrogen-bond acceptors (Lipinski definition) is 5. The smallest absolute Gasteiger partial charge is 0.141 e. The van der Waals surface area contributed by atoms with Crippen LogP contribution in [0.4, 0.5) is 0 Å². The maximum atomic E-state index is 13.0. The SMILES string of the molecule is Cn1cc(-c2ccc3cnc(CC(=O)C4CCC(N5CCOCC5)CC4)cc3c2)cn1. The summed E-state index contributed by atoms with van der Waals surface area (Å²) in [5, 5.41) is 6.48. The van der Waals surface area contributed by atoms with Gasteiger partial charge in [-0.25, -0.2) is 0 Å². The first-order chi connectivity index (χ1) is 15.2. The highest BCUT2D eigenvalue weighted by Gasteiger charge is 2.30. The Labute approximate surface area is 183 Å². The van der Waals surface area contributed by atoms with Crippen LogP contribution in [0.25, 0.3) is 21.9 Å². The number of carbonyl (C=O) groups excluding carboxylic acids is 1. The van der Waals surface area contributed by atoms with E-state index in [1.807, 2.05) is 30.3 Å². The lowest BCUT2D eigenvalue weighted by Crippen LogP contribution is -2.45. The number of aryl methyl sites for hydroxylation is 1. The molecular weight excluding hydrogens is 388 g/mol. The highest BCUT2D eigenvalue weighted by molar-refractivity contribution is 5.88. The quantitative estimate of drug-likeness (QED) is 0.633. The first kappa shape index (κ1) is 20.3. The molecule has 0 atom stereocenters. The molecule has 0 bridgehead atoms. The zero-order valence-corrected chi connectivity index (χ0v) is 18.2. The lowest BCUT2D eigenvalue weighted by atomic mass is 9.81. The molecule has 2 aromatic heterocycles. The molecule has 1 saturated heterocycles. The number of Topliss-reactive ketones (excluding diaryl/α,β-unsaturated/α-hetero) is 1. The molecule has 1 aromatic carbocycles. The van der Waals surface area contributed by atoms with Gasteiger partial charge in [-0.3, -0.25) is 19.4 Å². The molecule has 1 aliphatic carbocycles. The summed E-state index contributed by atoms with van der Waals surface area (Å²) in [4.78, 5) is 20.1. The molecule has 6 heteroatoms. The van der Waals surface area contributed by atoms with E-state index >= 15 is 0 Å². The lowest BCUT2D eigenvalue weighted by Gasteiger charge is -2.38. The van der Waals surface area contributed by atoms with Crippen molar-refractivity contribution in [3.05, 3.63) is 48.5 Å². The zero-order valence-electron chi connectivity index (χ0n) is 18.2. The van der Waals surface area contributed by atoms with Crippen LogP contribution in [0.2, 0.25) is 0 Å². The van der Waals surface area contributed by atoms with Crippen LogP contribution in [-0.2, 0) is 23.0 Å². The third-order valence-electron chi connectivity index (χ3n) is 6.89. The second-order valence-electron chi connectivity index (χ2n) is 8.94. The van der Waals surface area contributed by atoms with Gasteiger partial charge in [0.2, 0.25) is 0 Å². The van der Waals surface area contributed by atoms with Crippen molar-refractivity contribution in [3.63, 3.8) is 0 Å². The predicted octanol–water partition coefficient (Wildman–Crippen LogP) is 3.64. The summed E-state index contributed by atoms with van der Waals surface area (Å²) in [7, 11) is 1.92. The van der Waals surface area contributed by atoms with Crippen molar-refractivity contribution < 1.29 is 9.53 Å². The Kier molecular flexibility index (Phi) is 5.83. The Morgan fingerprint density at radius 1 is 1.03 bits per heavy atom. The Balaban J connectivity index is 1.24. The minimum absolute atomic E-state index is 0.177. The fraction of sp³-hybridized carbons (Fsp3) is 0.480. The molecule has 0 N–H and O–H groups in total. The van der Waals surface area contributed by atoms with E-state index < -0.39 is 0 Å². The topological polar surface area (TPSA) is 60.2 Å². The number of nitrogens with zero attached hydrogens (tertiary/aromatic N) is 4. The lowest BCUT2D eigenvalue weighted by molar-refractivity contribution is -0.123. The van der Waals surface area contributed by atoms with Gasteiger partial charge in [-0.05, 0) is 48.8 Å². The average molecular weight is 419 g/mol. The monoisotopic (exact) mass is 418 g/mol. The van der Waals surface area contributed by atoms with E-state index in [2.05, 4.69) is 39.2 Å².